The van der Waals surface area contributed by atoms with Crippen LogP contribution in [0.4, 0.5) is 0 Å². The van der Waals surface area contributed by atoms with Crippen molar-refractivity contribution in [2.45, 2.75) is 32.7 Å². The summed E-state index contributed by atoms with van der Waals surface area (Å²) in [5.41, 5.74) is -0.542. The Morgan fingerprint density at radius 3 is 2.65 bits per heavy atom. The molecule has 0 spiro atoms. The van der Waals surface area contributed by atoms with Crippen LogP contribution in [0.2, 0.25) is 0 Å². The number of carbonyl (C=O) groups excluding carboxylic acids is 2. The van der Waals surface area contributed by atoms with Crippen LogP contribution < -0.4 is 10.6 Å². The molecular formula is C12H23N3O2. The molecule has 1 rings (SSSR count). The van der Waals surface area contributed by atoms with Crippen LogP contribution >= 0.6 is 0 Å². The first-order valence-electron chi connectivity index (χ1n) is 6.10. The van der Waals surface area contributed by atoms with Crippen molar-refractivity contribution >= 4 is 11.8 Å². The Morgan fingerprint density at radius 2 is 2.12 bits per heavy atom. The van der Waals surface area contributed by atoms with E-state index < -0.39 is 5.41 Å². The highest BCUT2D eigenvalue weighted by atomic mass is 16.2. The summed E-state index contributed by atoms with van der Waals surface area (Å²) in [4.78, 5) is 25.6. The molecule has 1 unspecified atom stereocenters. The van der Waals surface area contributed by atoms with Gasteiger partial charge in [0.2, 0.25) is 11.8 Å². The van der Waals surface area contributed by atoms with Gasteiger partial charge in [0.1, 0.15) is 0 Å². The van der Waals surface area contributed by atoms with Crippen molar-refractivity contribution in [2.24, 2.45) is 5.41 Å². The van der Waals surface area contributed by atoms with Gasteiger partial charge < -0.3 is 15.5 Å². The minimum absolute atomic E-state index is 0.0307. The van der Waals surface area contributed by atoms with E-state index in [0.29, 0.717) is 6.54 Å². The lowest BCUT2D eigenvalue weighted by molar-refractivity contribution is -0.140. The highest BCUT2D eigenvalue weighted by Crippen LogP contribution is 2.21. The topological polar surface area (TPSA) is 61.4 Å². The van der Waals surface area contributed by atoms with Crippen LogP contribution in [0.3, 0.4) is 0 Å². The number of rotatable bonds is 4. The zero-order chi connectivity index (χ0) is 13.1. The van der Waals surface area contributed by atoms with Crippen LogP contribution in [-0.2, 0) is 9.59 Å². The second kappa shape index (κ2) is 5.49. The second-order valence-corrected chi connectivity index (χ2v) is 5.21. The standard InChI is InChI=1S/C12H23N3O2/c1-12(2,11(17)14-4)8-15-7-5-6-9(13-3)10(15)16/h9,13H,5-8H2,1-4H3,(H,14,17). The molecule has 0 aromatic carbocycles. The molecular weight excluding hydrogens is 218 g/mol. The van der Waals surface area contributed by atoms with E-state index in [4.69, 9.17) is 0 Å². The molecule has 1 saturated heterocycles. The third-order valence-corrected chi connectivity index (χ3v) is 3.31. The number of hydrogen-bond donors (Lipinski definition) is 2. The van der Waals surface area contributed by atoms with Crippen LogP contribution in [0, 0.1) is 5.41 Å². The highest BCUT2D eigenvalue weighted by Gasteiger charge is 2.34. The molecule has 1 atom stereocenters. The molecule has 0 aromatic heterocycles. The van der Waals surface area contributed by atoms with E-state index >= 15 is 0 Å². The number of nitrogens with one attached hydrogen (secondary N) is 2. The van der Waals surface area contributed by atoms with E-state index in [-0.39, 0.29) is 17.9 Å². The van der Waals surface area contributed by atoms with E-state index in [2.05, 4.69) is 10.6 Å². The minimum Gasteiger partial charge on any atom is -0.359 e. The molecule has 0 aliphatic carbocycles. The molecule has 0 bridgehead atoms. The molecule has 98 valence electrons. The third-order valence-electron chi connectivity index (χ3n) is 3.31. The normalized spacial score (nSPS) is 21.5. The van der Waals surface area contributed by atoms with Gasteiger partial charge in [-0.3, -0.25) is 9.59 Å². The number of carbonyl (C=O) groups is 2. The molecule has 2 N–H and O–H groups in total. The first-order valence-corrected chi connectivity index (χ1v) is 6.10. The van der Waals surface area contributed by atoms with Crippen molar-refractivity contribution in [1.29, 1.82) is 0 Å². The molecule has 2 amide bonds. The number of hydrogen-bond acceptors (Lipinski definition) is 3. The minimum atomic E-state index is -0.542. The molecule has 5 nitrogen and oxygen atoms in total. The Hall–Kier alpha value is -1.10. The quantitative estimate of drug-likeness (QED) is 0.726. The summed E-state index contributed by atoms with van der Waals surface area (Å²) in [6.45, 7) is 4.95. The smallest absolute Gasteiger partial charge is 0.239 e. The zero-order valence-corrected chi connectivity index (χ0v) is 11.2. The van der Waals surface area contributed by atoms with Crippen molar-refractivity contribution < 1.29 is 9.59 Å². The van der Waals surface area contributed by atoms with Gasteiger partial charge >= 0.3 is 0 Å². The average molecular weight is 241 g/mol. The van der Waals surface area contributed by atoms with Gasteiger partial charge in [-0.1, -0.05) is 0 Å². The summed E-state index contributed by atoms with van der Waals surface area (Å²) in [5.74, 6) is 0.0765. The van der Waals surface area contributed by atoms with Gasteiger partial charge in [-0.2, -0.15) is 0 Å². The average Bonchev–Trinajstić information content (AvgIpc) is 2.30. The van der Waals surface area contributed by atoms with Gasteiger partial charge in [0.15, 0.2) is 0 Å². The Bertz CT molecular complexity index is 302. The molecule has 0 radical (unpaired) electrons. The van der Waals surface area contributed by atoms with Crippen LogP contribution in [-0.4, -0.2) is 49.9 Å². The molecule has 5 heteroatoms. The van der Waals surface area contributed by atoms with E-state index in [0.717, 1.165) is 19.4 Å². The predicted octanol–water partition coefficient (Wildman–Crippen LogP) is -0.0310. The molecule has 0 aromatic rings. The number of piperidine rings is 1. The van der Waals surface area contributed by atoms with E-state index in [1.54, 1.807) is 19.0 Å². The lowest BCUT2D eigenvalue weighted by Gasteiger charge is -2.36. The zero-order valence-electron chi connectivity index (χ0n) is 11.2. The molecule has 17 heavy (non-hydrogen) atoms. The predicted molar refractivity (Wildman–Crippen MR) is 66.5 cm³/mol. The lowest BCUT2D eigenvalue weighted by Crippen LogP contribution is -2.54. The summed E-state index contributed by atoms with van der Waals surface area (Å²) in [6.07, 6.45) is 1.87. The molecule has 0 saturated carbocycles. The van der Waals surface area contributed by atoms with Crippen molar-refractivity contribution in [3.63, 3.8) is 0 Å². The maximum absolute atomic E-state index is 12.1. The molecule has 1 heterocycles. The van der Waals surface area contributed by atoms with Gasteiger partial charge in [-0.15, -0.1) is 0 Å². The van der Waals surface area contributed by atoms with Gasteiger partial charge in [0.25, 0.3) is 0 Å². The van der Waals surface area contributed by atoms with Crippen LogP contribution in [0.5, 0.6) is 0 Å². The summed E-state index contributed by atoms with van der Waals surface area (Å²) in [5, 5.41) is 5.66. The van der Waals surface area contributed by atoms with Crippen molar-refractivity contribution in [2.75, 3.05) is 27.2 Å². The third kappa shape index (κ3) is 3.19. The summed E-state index contributed by atoms with van der Waals surface area (Å²) in [6, 6.07) is -0.0933. The second-order valence-electron chi connectivity index (χ2n) is 5.21. The van der Waals surface area contributed by atoms with Crippen molar-refractivity contribution in [1.82, 2.24) is 15.5 Å². The SMILES string of the molecule is CNC(=O)C(C)(C)CN1CCCC(NC)C1=O. The monoisotopic (exact) mass is 241 g/mol. The van der Waals surface area contributed by atoms with Crippen molar-refractivity contribution in [3.8, 4) is 0 Å². The number of nitrogens with zero attached hydrogens (tertiary/aromatic N) is 1. The first kappa shape index (κ1) is 14.0. The van der Waals surface area contributed by atoms with Gasteiger partial charge in [0.05, 0.1) is 11.5 Å². The summed E-state index contributed by atoms with van der Waals surface area (Å²) in [7, 11) is 3.43. The maximum Gasteiger partial charge on any atom is 0.239 e. The first-order chi connectivity index (χ1) is 7.92. The Kier molecular flexibility index (Phi) is 4.51. The van der Waals surface area contributed by atoms with E-state index in [1.807, 2.05) is 13.8 Å². The van der Waals surface area contributed by atoms with E-state index in [9.17, 15) is 9.59 Å². The van der Waals surface area contributed by atoms with Gasteiger partial charge in [0, 0.05) is 20.1 Å². The van der Waals surface area contributed by atoms with Crippen LogP contribution in [0.15, 0.2) is 0 Å². The Labute approximate surface area is 103 Å². The number of likely N-dealkylation sites (tertiary alicyclic amines) is 1. The van der Waals surface area contributed by atoms with Gasteiger partial charge in [-0.05, 0) is 33.7 Å². The lowest BCUT2D eigenvalue weighted by atomic mass is 9.90. The fourth-order valence-electron chi connectivity index (χ4n) is 2.25. The largest absolute Gasteiger partial charge is 0.359 e. The van der Waals surface area contributed by atoms with Crippen LogP contribution in [0.25, 0.3) is 0 Å². The summed E-state index contributed by atoms with van der Waals surface area (Å²) >= 11 is 0. The molecule has 1 aliphatic heterocycles. The van der Waals surface area contributed by atoms with Crippen molar-refractivity contribution in [3.05, 3.63) is 0 Å². The number of amides is 2. The maximum atomic E-state index is 12.1. The number of likely N-dealkylation sites (N-methyl/N-ethyl adjacent to an activating group) is 1. The molecule has 1 fully saturated rings. The van der Waals surface area contributed by atoms with Gasteiger partial charge in [-0.25, -0.2) is 0 Å². The Morgan fingerprint density at radius 1 is 1.47 bits per heavy atom. The Balaban J connectivity index is 2.67. The fourth-order valence-corrected chi connectivity index (χ4v) is 2.25. The fraction of sp³-hybridized carbons (Fsp3) is 0.833. The molecule has 1 aliphatic rings. The highest BCUT2D eigenvalue weighted by molar-refractivity contribution is 5.85. The van der Waals surface area contributed by atoms with Crippen LogP contribution in [0.1, 0.15) is 26.7 Å². The summed E-state index contributed by atoms with van der Waals surface area (Å²) < 4.78 is 0. The van der Waals surface area contributed by atoms with E-state index in [1.165, 1.54) is 0 Å².